The van der Waals surface area contributed by atoms with Crippen molar-refractivity contribution < 1.29 is 14.6 Å². The van der Waals surface area contributed by atoms with Crippen molar-refractivity contribution in [3.8, 4) is 11.5 Å². The van der Waals surface area contributed by atoms with E-state index in [2.05, 4.69) is 6.07 Å². The highest BCUT2D eigenvalue weighted by molar-refractivity contribution is 5.89. The molecule has 0 fully saturated rings. The maximum atomic E-state index is 11.0. The normalized spacial score (nSPS) is 13.0. The largest absolute Gasteiger partial charge is 0.478 e. The molecule has 0 amide bonds. The lowest BCUT2D eigenvalue weighted by Gasteiger charge is -2.10. The number of carboxylic acids is 1. The summed E-state index contributed by atoms with van der Waals surface area (Å²) in [6.07, 6.45) is 3.36. The maximum absolute atomic E-state index is 11.0. The standard InChI is InChI=1S/C16H15NO3/c17-14-7-5-12(16(18)19)9-15(14)20-13-6-4-10-2-1-3-11(10)8-13/h4-9H,1-3,17H2,(H,18,19). The second-order valence-corrected chi connectivity index (χ2v) is 4.94. The molecular formula is C16H15NO3. The summed E-state index contributed by atoms with van der Waals surface area (Å²) in [5, 5.41) is 9.00. The van der Waals surface area contributed by atoms with Crippen LogP contribution in [0.2, 0.25) is 0 Å². The fourth-order valence-electron chi connectivity index (χ4n) is 2.49. The predicted octanol–water partition coefficient (Wildman–Crippen LogP) is 3.25. The van der Waals surface area contributed by atoms with Crippen LogP contribution in [0.15, 0.2) is 36.4 Å². The maximum Gasteiger partial charge on any atom is 0.335 e. The summed E-state index contributed by atoms with van der Waals surface area (Å²) in [7, 11) is 0. The van der Waals surface area contributed by atoms with Crippen molar-refractivity contribution >= 4 is 11.7 Å². The summed E-state index contributed by atoms with van der Waals surface area (Å²) in [5.74, 6) is 0.0755. The minimum Gasteiger partial charge on any atom is -0.478 e. The number of nitrogens with two attached hydrogens (primary N) is 1. The lowest BCUT2D eigenvalue weighted by molar-refractivity contribution is 0.0696. The van der Waals surface area contributed by atoms with E-state index in [9.17, 15) is 4.79 Å². The van der Waals surface area contributed by atoms with Crippen molar-refractivity contribution in [2.45, 2.75) is 19.3 Å². The highest BCUT2D eigenvalue weighted by Gasteiger charge is 2.13. The molecule has 0 heterocycles. The second-order valence-electron chi connectivity index (χ2n) is 4.94. The van der Waals surface area contributed by atoms with Gasteiger partial charge in [0.15, 0.2) is 5.75 Å². The van der Waals surface area contributed by atoms with Gasteiger partial charge in [-0.2, -0.15) is 0 Å². The van der Waals surface area contributed by atoms with Crippen LogP contribution < -0.4 is 10.5 Å². The predicted molar refractivity (Wildman–Crippen MR) is 76.4 cm³/mol. The molecule has 102 valence electrons. The Morgan fingerprint density at radius 1 is 1.10 bits per heavy atom. The third-order valence-electron chi connectivity index (χ3n) is 3.56. The molecule has 0 aromatic heterocycles. The van der Waals surface area contributed by atoms with Crippen LogP contribution >= 0.6 is 0 Å². The molecule has 0 aliphatic heterocycles. The van der Waals surface area contributed by atoms with Crippen molar-refractivity contribution in [1.82, 2.24) is 0 Å². The minimum atomic E-state index is -0.996. The van der Waals surface area contributed by atoms with Crippen LogP contribution in [0.1, 0.15) is 27.9 Å². The van der Waals surface area contributed by atoms with Gasteiger partial charge in [0.25, 0.3) is 0 Å². The fourth-order valence-corrected chi connectivity index (χ4v) is 2.49. The molecule has 3 rings (SSSR count). The van der Waals surface area contributed by atoms with E-state index in [1.54, 1.807) is 6.07 Å². The van der Waals surface area contributed by atoms with Gasteiger partial charge in [-0.1, -0.05) is 6.07 Å². The third-order valence-corrected chi connectivity index (χ3v) is 3.56. The molecule has 0 saturated heterocycles. The number of carboxylic acid groups (broad SMARTS) is 1. The molecule has 0 atom stereocenters. The molecule has 1 aliphatic carbocycles. The van der Waals surface area contributed by atoms with Gasteiger partial charge in [-0.3, -0.25) is 0 Å². The smallest absolute Gasteiger partial charge is 0.335 e. The Bertz CT molecular complexity index is 679. The van der Waals surface area contributed by atoms with Crippen molar-refractivity contribution in [3.05, 3.63) is 53.1 Å². The molecule has 1 aliphatic rings. The highest BCUT2D eigenvalue weighted by atomic mass is 16.5. The summed E-state index contributed by atoms with van der Waals surface area (Å²) in [6, 6.07) is 10.4. The lowest BCUT2D eigenvalue weighted by atomic mass is 10.1. The quantitative estimate of drug-likeness (QED) is 0.839. The molecule has 20 heavy (non-hydrogen) atoms. The number of fused-ring (bicyclic) bond motifs is 1. The van der Waals surface area contributed by atoms with Gasteiger partial charge in [0.05, 0.1) is 11.3 Å². The van der Waals surface area contributed by atoms with E-state index in [0.717, 1.165) is 12.8 Å². The SMILES string of the molecule is Nc1ccc(C(=O)O)cc1Oc1ccc2c(c1)CCC2. The van der Waals surface area contributed by atoms with Gasteiger partial charge in [-0.25, -0.2) is 4.79 Å². The number of aryl methyl sites for hydroxylation is 2. The van der Waals surface area contributed by atoms with Crippen LogP contribution in [0.4, 0.5) is 5.69 Å². The van der Waals surface area contributed by atoms with Crippen LogP contribution in [0.3, 0.4) is 0 Å². The van der Waals surface area contributed by atoms with E-state index in [-0.39, 0.29) is 5.56 Å². The van der Waals surface area contributed by atoms with Crippen LogP contribution in [0.25, 0.3) is 0 Å². The number of anilines is 1. The fraction of sp³-hybridized carbons (Fsp3) is 0.188. The van der Waals surface area contributed by atoms with E-state index in [1.807, 2.05) is 12.1 Å². The van der Waals surface area contributed by atoms with Crippen LogP contribution in [0, 0.1) is 0 Å². The average molecular weight is 269 g/mol. The average Bonchev–Trinajstić information content (AvgIpc) is 2.88. The molecule has 0 unspecified atom stereocenters. The van der Waals surface area contributed by atoms with E-state index >= 15 is 0 Å². The zero-order chi connectivity index (χ0) is 14.1. The first-order chi connectivity index (χ1) is 9.63. The van der Waals surface area contributed by atoms with Crippen molar-refractivity contribution in [2.24, 2.45) is 0 Å². The first kappa shape index (κ1) is 12.5. The molecule has 3 N–H and O–H groups in total. The van der Waals surface area contributed by atoms with Gasteiger partial charge in [-0.15, -0.1) is 0 Å². The minimum absolute atomic E-state index is 0.162. The third kappa shape index (κ3) is 2.32. The summed E-state index contributed by atoms with van der Waals surface area (Å²) >= 11 is 0. The van der Waals surface area contributed by atoms with Crippen LogP contribution in [-0.4, -0.2) is 11.1 Å². The van der Waals surface area contributed by atoms with E-state index < -0.39 is 5.97 Å². The Labute approximate surface area is 116 Å². The number of nitrogen functional groups attached to an aromatic ring is 1. The van der Waals surface area contributed by atoms with Gasteiger partial charge in [0.2, 0.25) is 0 Å². The second kappa shape index (κ2) is 4.89. The number of rotatable bonds is 3. The number of benzene rings is 2. The topological polar surface area (TPSA) is 72.6 Å². The Balaban J connectivity index is 1.91. The zero-order valence-electron chi connectivity index (χ0n) is 10.9. The molecule has 0 spiro atoms. The van der Waals surface area contributed by atoms with Gasteiger partial charge in [-0.05, 0) is 60.7 Å². The molecule has 0 radical (unpaired) electrons. The van der Waals surface area contributed by atoms with Crippen molar-refractivity contribution in [3.63, 3.8) is 0 Å². The lowest BCUT2D eigenvalue weighted by Crippen LogP contribution is -1.99. The van der Waals surface area contributed by atoms with Crippen LogP contribution in [-0.2, 0) is 12.8 Å². The number of hydrogen-bond acceptors (Lipinski definition) is 3. The number of hydrogen-bond donors (Lipinski definition) is 2. The van der Waals surface area contributed by atoms with Crippen LogP contribution in [0.5, 0.6) is 11.5 Å². The summed E-state index contributed by atoms with van der Waals surface area (Å²) in [6.45, 7) is 0. The van der Waals surface area contributed by atoms with Gasteiger partial charge in [0, 0.05) is 0 Å². The monoisotopic (exact) mass is 269 g/mol. The zero-order valence-corrected chi connectivity index (χ0v) is 10.9. The summed E-state index contributed by atoms with van der Waals surface area (Å²) in [4.78, 5) is 11.0. The molecular weight excluding hydrogens is 254 g/mol. The van der Waals surface area contributed by atoms with E-state index in [4.69, 9.17) is 15.6 Å². The summed E-state index contributed by atoms with van der Waals surface area (Å²) in [5.41, 5.74) is 9.09. The first-order valence-electron chi connectivity index (χ1n) is 6.56. The Morgan fingerprint density at radius 2 is 1.90 bits per heavy atom. The Hall–Kier alpha value is -2.49. The number of aromatic carboxylic acids is 1. The molecule has 0 bridgehead atoms. The summed E-state index contributed by atoms with van der Waals surface area (Å²) < 4.78 is 5.74. The molecule has 4 heteroatoms. The van der Waals surface area contributed by atoms with Crippen molar-refractivity contribution in [2.75, 3.05) is 5.73 Å². The Kier molecular flexibility index (Phi) is 3.06. The number of carbonyl (C=O) groups is 1. The first-order valence-corrected chi connectivity index (χ1v) is 6.56. The van der Waals surface area contributed by atoms with Gasteiger partial charge >= 0.3 is 5.97 Å². The molecule has 4 nitrogen and oxygen atoms in total. The molecule has 2 aromatic carbocycles. The van der Waals surface area contributed by atoms with E-state index in [1.165, 1.54) is 29.7 Å². The molecule has 2 aromatic rings. The number of ether oxygens (including phenoxy) is 1. The highest BCUT2D eigenvalue weighted by Crippen LogP contribution is 2.32. The van der Waals surface area contributed by atoms with Crippen molar-refractivity contribution in [1.29, 1.82) is 0 Å². The van der Waals surface area contributed by atoms with E-state index in [0.29, 0.717) is 17.2 Å². The van der Waals surface area contributed by atoms with Gasteiger partial charge < -0.3 is 15.6 Å². The van der Waals surface area contributed by atoms with Gasteiger partial charge in [0.1, 0.15) is 5.75 Å². The molecule has 0 saturated carbocycles. The Morgan fingerprint density at radius 3 is 2.70 bits per heavy atom.